The summed E-state index contributed by atoms with van der Waals surface area (Å²) in [5.41, 5.74) is 0.692. The van der Waals surface area contributed by atoms with Crippen LogP contribution in [0.25, 0.3) is 16.7 Å². The minimum atomic E-state index is -0.0874. The molecule has 24 heavy (non-hydrogen) atoms. The normalized spacial score (nSPS) is 11.2. The maximum absolute atomic E-state index is 12.4. The summed E-state index contributed by atoms with van der Waals surface area (Å²) >= 11 is 2.24. The Labute approximate surface area is 150 Å². The van der Waals surface area contributed by atoms with Crippen LogP contribution in [0.2, 0.25) is 0 Å². The van der Waals surface area contributed by atoms with Crippen molar-refractivity contribution in [2.45, 2.75) is 6.61 Å². The molecule has 0 spiro atoms. The van der Waals surface area contributed by atoms with E-state index in [2.05, 4.69) is 32.8 Å². The van der Waals surface area contributed by atoms with Crippen molar-refractivity contribution in [2.75, 3.05) is 0 Å². The molecular formula is C17H13IN4O2. The summed E-state index contributed by atoms with van der Waals surface area (Å²) in [6.07, 6.45) is 0. The molecule has 120 valence electrons. The van der Waals surface area contributed by atoms with E-state index in [4.69, 9.17) is 4.74 Å². The van der Waals surface area contributed by atoms with Gasteiger partial charge in [-0.15, -0.1) is 10.2 Å². The number of para-hydroxylation sites is 1. The fourth-order valence-electron chi connectivity index (χ4n) is 2.69. The summed E-state index contributed by atoms with van der Waals surface area (Å²) in [7, 11) is 1.70. The summed E-state index contributed by atoms with van der Waals surface area (Å²) in [4.78, 5) is 12.4. The summed E-state index contributed by atoms with van der Waals surface area (Å²) in [6, 6.07) is 15.2. The number of ether oxygens (including phenoxy) is 1. The molecule has 2 heterocycles. The van der Waals surface area contributed by atoms with Gasteiger partial charge in [-0.3, -0.25) is 13.8 Å². The first-order valence-corrected chi connectivity index (χ1v) is 8.43. The molecule has 0 bridgehead atoms. The molecule has 4 aromatic rings. The maximum Gasteiger partial charge on any atom is 0.262 e. The Morgan fingerprint density at radius 2 is 1.96 bits per heavy atom. The highest BCUT2D eigenvalue weighted by atomic mass is 127. The van der Waals surface area contributed by atoms with Gasteiger partial charge in [-0.25, -0.2) is 0 Å². The molecule has 0 N–H and O–H groups in total. The van der Waals surface area contributed by atoms with Crippen LogP contribution in [0.1, 0.15) is 5.82 Å². The second kappa shape index (κ2) is 5.90. The second-order valence-electron chi connectivity index (χ2n) is 5.38. The average Bonchev–Trinajstić information content (AvgIpc) is 3.02. The van der Waals surface area contributed by atoms with Gasteiger partial charge in [0.2, 0.25) is 5.78 Å². The number of fused-ring (bicyclic) bond motifs is 3. The Morgan fingerprint density at radius 1 is 1.12 bits per heavy atom. The first-order valence-electron chi connectivity index (χ1n) is 7.35. The Kier molecular flexibility index (Phi) is 3.72. The van der Waals surface area contributed by atoms with Crippen molar-refractivity contribution >= 4 is 39.3 Å². The number of hydrogen-bond donors (Lipinski definition) is 0. The molecule has 6 nitrogen and oxygen atoms in total. The zero-order valence-electron chi connectivity index (χ0n) is 12.8. The molecule has 2 aromatic heterocycles. The fourth-order valence-corrected chi connectivity index (χ4v) is 3.20. The zero-order chi connectivity index (χ0) is 16.7. The molecule has 0 radical (unpaired) electrons. The highest BCUT2D eigenvalue weighted by Crippen LogP contribution is 2.18. The van der Waals surface area contributed by atoms with Crippen molar-refractivity contribution in [3.05, 3.63) is 68.3 Å². The van der Waals surface area contributed by atoms with Crippen LogP contribution in [-0.2, 0) is 13.7 Å². The van der Waals surface area contributed by atoms with E-state index in [1.165, 1.54) is 4.57 Å². The van der Waals surface area contributed by atoms with Gasteiger partial charge in [0, 0.05) is 10.6 Å². The average molecular weight is 432 g/mol. The van der Waals surface area contributed by atoms with E-state index >= 15 is 0 Å². The highest BCUT2D eigenvalue weighted by molar-refractivity contribution is 14.1. The number of rotatable bonds is 3. The lowest BCUT2D eigenvalue weighted by molar-refractivity contribution is 0.294. The van der Waals surface area contributed by atoms with E-state index in [-0.39, 0.29) is 12.2 Å². The van der Waals surface area contributed by atoms with Gasteiger partial charge in [0.1, 0.15) is 12.4 Å². The zero-order valence-corrected chi connectivity index (χ0v) is 15.0. The highest BCUT2D eigenvalue weighted by Gasteiger charge is 2.14. The number of halogens is 1. The van der Waals surface area contributed by atoms with Crippen LogP contribution >= 0.6 is 22.6 Å². The van der Waals surface area contributed by atoms with Crippen molar-refractivity contribution in [3.63, 3.8) is 0 Å². The first-order chi connectivity index (χ1) is 11.6. The van der Waals surface area contributed by atoms with Gasteiger partial charge in [0.25, 0.3) is 5.56 Å². The summed E-state index contributed by atoms with van der Waals surface area (Å²) in [5, 5.41) is 8.99. The van der Waals surface area contributed by atoms with Crippen molar-refractivity contribution in [2.24, 2.45) is 7.05 Å². The summed E-state index contributed by atoms with van der Waals surface area (Å²) < 4.78 is 10.3. The van der Waals surface area contributed by atoms with Crippen LogP contribution in [0.5, 0.6) is 5.75 Å². The van der Waals surface area contributed by atoms with Gasteiger partial charge in [-0.05, 0) is 52.9 Å². The molecule has 0 saturated carbocycles. The molecule has 7 heteroatoms. The number of benzene rings is 2. The lowest BCUT2D eigenvalue weighted by Gasteiger charge is -2.09. The molecule has 0 aliphatic rings. The van der Waals surface area contributed by atoms with Gasteiger partial charge >= 0.3 is 0 Å². The van der Waals surface area contributed by atoms with Crippen LogP contribution in [0.4, 0.5) is 0 Å². The molecule has 0 unspecified atom stereocenters. The molecule has 4 rings (SSSR count). The Morgan fingerprint density at radius 3 is 2.79 bits per heavy atom. The molecule has 0 atom stereocenters. The Bertz CT molecular complexity index is 1120. The second-order valence-corrected chi connectivity index (χ2v) is 6.62. The summed E-state index contributed by atoms with van der Waals surface area (Å²) in [5.74, 6) is 1.92. The van der Waals surface area contributed by atoms with Crippen molar-refractivity contribution in [1.82, 2.24) is 19.2 Å². The number of aromatic nitrogens is 4. The smallest absolute Gasteiger partial charge is 0.262 e. The number of hydrogen-bond acceptors (Lipinski definition) is 4. The van der Waals surface area contributed by atoms with E-state index in [0.29, 0.717) is 17.0 Å². The van der Waals surface area contributed by atoms with E-state index in [0.717, 1.165) is 14.8 Å². The third-order valence-corrected chi connectivity index (χ3v) is 4.53. The van der Waals surface area contributed by atoms with Crippen molar-refractivity contribution < 1.29 is 4.74 Å². The fraction of sp³-hybridized carbons (Fsp3) is 0.118. The number of nitrogens with zero attached hydrogens (tertiary/aromatic N) is 4. The Balaban J connectivity index is 1.83. The van der Waals surface area contributed by atoms with E-state index in [9.17, 15) is 4.79 Å². The van der Waals surface area contributed by atoms with Gasteiger partial charge in [-0.1, -0.05) is 18.2 Å². The van der Waals surface area contributed by atoms with Gasteiger partial charge in [0.15, 0.2) is 5.82 Å². The molecule has 0 saturated heterocycles. The summed E-state index contributed by atoms with van der Waals surface area (Å²) in [6.45, 7) is 0.267. The third kappa shape index (κ3) is 2.44. The molecule has 0 amide bonds. The van der Waals surface area contributed by atoms with E-state index < -0.39 is 0 Å². The van der Waals surface area contributed by atoms with Crippen LogP contribution in [-0.4, -0.2) is 19.2 Å². The molecule has 0 fully saturated rings. The van der Waals surface area contributed by atoms with Crippen LogP contribution in [0.15, 0.2) is 53.3 Å². The minimum absolute atomic E-state index is 0.0874. The predicted octanol–water partition coefficient (Wildman–Crippen LogP) is 2.76. The van der Waals surface area contributed by atoms with Gasteiger partial charge < -0.3 is 4.74 Å². The third-order valence-electron chi connectivity index (χ3n) is 3.86. The number of aryl methyl sites for hydroxylation is 1. The van der Waals surface area contributed by atoms with Crippen molar-refractivity contribution in [3.8, 4) is 5.75 Å². The topological polar surface area (TPSA) is 61.4 Å². The van der Waals surface area contributed by atoms with Crippen LogP contribution in [0.3, 0.4) is 0 Å². The van der Waals surface area contributed by atoms with Crippen LogP contribution < -0.4 is 10.3 Å². The lowest BCUT2D eigenvalue weighted by Crippen LogP contribution is -2.20. The standard InChI is InChI=1S/C17H13IN4O2/c1-21-16(23)13-7-2-3-8-14(13)22-15(19-20-17(21)22)10-24-12-6-4-5-11(18)9-12/h2-9H,10H2,1H3. The monoisotopic (exact) mass is 432 g/mol. The van der Waals surface area contributed by atoms with Gasteiger partial charge in [-0.2, -0.15) is 0 Å². The SMILES string of the molecule is Cn1c(=O)c2ccccc2n2c(COc3cccc(I)c3)nnc12. The Hall–Kier alpha value is -2.42. The minimum Gasteiger partial charge on any atom is -0.486 e. The van der Waals surface area contributed by atoms with Crippen LogP contribution in [0, 0.1) is 3.57 Å². The molecular weight excluding hydrogens is 419 g/mol. The predicted molar refractivity (Wildman–Crippen MR) is 99.2 cm³/mol. The largest absolute Gasteiger partial charge is 0.486 e. The van der Waals surface area contributed by atoms with Crippen molar-refractivity contribution in [1.29, 1.82) is 0 Å². The maximum atomic E-state index is 12.4. The molecule has 0 aliphatic heterocycles. The quantitative estimate of drug-likeness (QED) is 0.468. The van der Waals surface area contributed by atoms with E-state index in [1.807, 2.05) is 46.9 Å². The lowest BCUT2D eigenvalue weighted by atomic mass is 10.2. The van der Waals surface area contributed by atoms with Gasteiger partial charge in [0.05, 0.1) is 10.9 Å². The molecule has 2 aromatic carbocycles. The van der Waals surface area contributed by atoms with E-state index in [1.54, 1.807) is 13.1 Å². The molecule has 0 aliphatic carbocycles. The first kappa shape index (κ1) is 15.1.